The van der Waals surface area contributed by atoms with Gasteiger partial charge in [0, 0.05) is 37.8 Å². The Morgan fingerprint density at radius 3 is 2.26 bits per heavy atom. The summed E-state index contributed by atoms with van der Waals surface area (Å²) in [6, 6.07) is 9.30. The zero-order chi connectivity index (χ0) is 30.5. The van der Waals surface area contributed by atoms with Crippen LogP contribution in [0.25, 0.3) is 11.4 Å². The zero-order valence-corrected chi connectivity index (χ0v) is 25.9. The van der Waals surface area contributed by atoms with Gasteiger partial charge in [0.05, 0.1) is 26.0 Å². The molecule has 2 heterocycles. The molecule has 42 heavy (non-hydrogen) atoms. The summed E-state index contributed by atoms with van der Waals surface area (Å²) in [6.45, 7) is 7.17. The van der Waals surface area contributed by atoms with Crippen molar-refractivity contribution < 1.29 is 32.7 Å². The molecule has 1 aromatic heterocycles. The van der Waals surface area contributed by atoms with Gasteiger partial charge in [0.25, 0.3) is 5.91 Å². The van der Waals surface area contributed by atoms with Gasteiger partial charge in [-0.15, -0.1) is 0 Å². The zero-order valence-electron chi connectivity index (χ0n) is 24.3. The number of carbonyl (C=O) groups is 3. The second kappa shape index (κ2) is 16.6. The molecule has 0 saturated carbocycles. The van der Waals surface area contributed by atoms with Gasteiger partial charge in [0.2, 0.25) is 5.91 Å². The predicted octanol–water partition coefficient (Wildman–Crippen LogP) is 4.63. The van der Waals surface area contributed by atoms with Crippen LogP contribution in [0.3, 0.4) is 0 Å². The lowest BCUT2D eigenvalue weighted by atomic mass is 10.1. The number of aromatic nitrogens is 2. The Morgan fingerprint density at radius 2 is 1.64 bits per heavy atom. The van der Waals surface area contributed by atoms with Crippen LogP contribution in [-0.4, -0.2) is 95.9 Å². The SMILES string of the molecule is CCCCOC(=O)N1CCN(C(=O)C(CCP(=O)(OCC)OCC)NC(=O)c2cc(Cl)nc(-c3ccccc3)n2)CC1. The highest BCUT2D eigenvalue weighted by molar-refractivity contribution is 7.53. The first-order chi connectivity index (χ1) is 20.2. The normalized spacial score (nSPS) is 14.4. The lowest BCUT2D eigenvalue weighted by molar-refractivity contribution is -0.134. The van der Waals surface area contributed by atoms with Crippen LogP contribution in [0.15, 0.2) is 36.4 Å². The maximum Gasteiger partial charge on any atom is 0.409 e. The van der Waals surface area contributed by atoms with Crippen LogP contribution < -0.4 is 5.32 Å². The number of hydrogen-bond acceptors (Lipinski definition) is 9. The first-order valence-corrected chi connectivity index (χ1v) is 16.3. The molecule has 1 fully saturated rings. The number of amides is 3. The number of carbonyl (C=O) groups excluding carboxylic acids is 3. The summed E-state index contributed by atoms with van der Waals surface area (Å²) in [7, 11) is -3.50. The fourth-order valence-corrected chi connectivity index (χ4v) is 6.19. The lowest BCUT2D eigenvalue weighted by Crippen LogP contribution is -2.56. The van der Waals surface area contributed by atoms with Gasteiger partial charge in [0.1, 0.15) is 16.9 Å². The van der Waals surface area contributed by atoms with Gasteiger partial charge in [-0.2, -0.15) is 0 Å². The number of unbranched alkanes of at least 4 members (excludes halogenated alkanes) is 1. The Kier molecular flexibility index (Phi) is 13.2. The number of halogens is 1. The predicted molar refractivity (Wildman–Crippen MR) is 158 cm³/mol. The van der Waals surface area contributed by atoms with Crippen LogP contribution in [0.2, 0.25) is 5.15 Å². The third-order valence-corrected chi connectivity index (χ3v) is 8.78. The molecule has 1 N–H and O–H groups in total. The molecule has 14 heteroatoms. The molecule has 0 radical (unpaired) electrons. The van der Waals surface area contributed by atoms with Crippen molar-refractivity contribution in [2.24, 2.45) is 0 Å². The Bertz CT molecular complexity index is 1230. The molecule has 0 spiro atoms. The van der Waals surface area contributed by atoms with Crippen molar-refractivity contribution in [3.8, 4) is 11.4 Å². The number of piperazine rings is 1. The van der Waals surface area contributed by atoms with E-state index in [0.29, 0.717) is 12.2 Å². The van der Waals surface area contributed by atoms with Crippen molar-refractivity contribution >= 4 is 37.1 Å². The van der Waals surface area contributed by atoms with E-state index in [4.69, 9.17) is 25.4 Å². The largest absolute Gasteiger partial charge is 0.449 e. The molecule has 0 aliphatic carbocycles. The van der Waals surface area contributed by atoms with E-state index in [0.717, 1.165) is 12.8 Å². The van der Waals surface area contributed by atoms with Gasteiger partial charge in [-0.05, 0) is 26.7 Å². The van der Waals surface area contributed by atoms with Gasteiger partial charge >= 0.3 is 13.7 Å². The van der Waals surface area contributed by atoms with E-state index in [1.807, 2.05) is 25.1 Å². The molecule has 1 saturated heterocycles. The Labute approximate surface area is 251 Å². The average Bonchev–Trinajstić information content (AvgIpc) is 2.99. The fourth-order valence-electron chi connectivity index (χ4n) is 4.31. The molecule has 2 aromatic rings. The maximum atomic E-state index is 13.7. The van der Waals surface area contributed by atoms with Gasteiger partial charge in [-0.3, -0.25) is 14.2 Å². The van der Waals surface area contributed by atoms with E-state index in [2.05, 4.69) is 15.3 Å². The van der Waals surface area contributed by atoms with Crippen molar-refractivity contribution in [2.75, 3.05) is 52.2 Å². The van der Waals surface area contributed by atoms with Gasteiger partial charge < -0.3 is 28.9 Å². The molecular weight excluding hydrogens is 585 g/mol. The minimum Gasteiger partial charge on any atom is -0.449 e. The summed E-state index contributed by atoms with van der Waals surface area (Å²) in [4.78, 5) is 51.1. The number of nitrogens with zero attached hydrogens (tertiary/aromatic N) is 4. The van der Waals surface area contributed by atoms with Crippen molar-refractivity contribution in [1.82, 2.24) is 25.1 Å². The molecule has 3 rings (SSSR count). The molecule has 12 nitrogen and oxygen atoms in total. The first-order valence-electron chi connectivity index (χ1n) is 14.2. The molecule has 1 aromatic carbocycles. The van der Waals surface area contributed by atoms with Crippen molar-refractivity contribution in [2.45, 2.75) is 46.1 Å². The molecule has 1 unspecified atom stereocenters. The average molecular weight is 624 g/mol. The van der Waals surface area contributed by atoms with E-state index in [1.54, 1.807) is 35.8 Å². The number of ether oxygens (including phenoxy) is 1. The highest BCUT2D eigenvalue weighted by atomic mass is 35.5. The fraction of sp³-hybridized carbons (Fsp3) is 0.536. The van der Waals surface area contributed by atoms with Gasteiger partial charge in [0.15, 0.2) is 5.82 Å². The quantitative estimate of drug-likeness (QED) is 0.181. The smallest absolute Gasteiger partial charge is 0.409 e. The monoisotopic (exact) mass is 623 g/mol. The third kappa shape index (κ3) is 9.76. The van der Waals surface area contributed by atoms with Crippen LogP contribution >= 0.6 is 19.2 Å². The highest BCUT2D eigenvalue weighted by Gasteiger charge is 2.34. The summed E-state index contributed by atoms with van der Waals surface area (Å²) in [5.74, 6) is -0.767. The summed E-state index contributed by atoms with van der Waals surface area (Å²) in [6.07, 6.45) is 1.19. The topological polar surface area (TPSA) is 140 Å². The van der Waals surface area contributed by atoms with Crippen LogP contribution in [0.4, 0.5) is 4.79 Å². The van der Waals surface area contributed by atoms with Crippen molar-refractivity contribution in [3.05, 3.63) is 47.2 Å². The third-order valence-electron chi connectivity index (χ3n) is 6.48. The summed E-state index contributed by atoms with van der Waals surface area (Å²) in [5.41, 5.74) is 0.645. The van der Waals surface area contributed by atoms with E-state index in [1.165, 1.54) is 6.07 Å². The number of benzene rings is 1. The lowest BCUT2D eigenvalue weighted by Gasteiger charge is -2.36. The molecule has 1 atom stereocenters. The standard InChI is InChI=1S/C28H39ClN5O7P/c1-4-7-18-39-28(37)34-16-14-33(15-17-34)27(36)22(13-19-42(38,40-5-2)41-6-3)31-26(35)23-20-24(29)32-25(30-23)21-11-9-8-10-12-21/h8-12,20,22H,4-7,13-19H2,1-3H3,(H,31,35). The second-order valence-electron chi connectivity index (χ2n) is 9.53. The summed E-state index contributed by atoms with van der Waals surface area (Å²) < 4.78 is 29.2. The maximum absolute atomic E-state index is 13.7. The van der Waals surface area contributed by atoms with Crippen LogP contribution in [-0.2, 0) is 23.1 Å². The van der Waals surface area contributed by atoms with Gasteiger partial charge in [-0.25, -0.2) is 14.8 Å². The molecular formula is C28H39ClN5O7P. The molecule has 0 bridgehead atoms. The van der Waals surface area contributed by atoms with Crippen LogP contribution in [0.5, 0.6) is 0 Å². The van der Waals surface area contributed by atoms with Gasteiger partial charge in [-0.1, -0.05) is 55.3 Å². The number of nitrogens with one attached hydrogen (secondary N) is 1. The second-order valence-corrected chi connectivity index (χ2v) is 12.1. The number of hydrogen-bond donors (Lipinski definition) is 1. The Hall–Kier alpha value is -3.05. The number of rotatable bonds is 14. The van der Waals surface area contributed by atoms with Crippen molar-refractivity contribution in [1.29, 1.82) is 0 Å². The molecule has 3 amide bonds. The van der Waals surface area contributed by atoms with E-state index in [-0.39, 0.29) is 74.6 Å². The first kappa shape index (κ1) is 33.5. The molecule has 1 aliphatic rings. The minimum absolute atomic E-state index is 0.00845. The Morgan fingerprint density at radius 1 is 1.00 bits per heavy atom. The van der Waals surface area contributed by atoms with Crippen LogP contribution in [0.1, 0.15) is 50.5 Å². The van der Waals surface area contributed by atoms with Crippen LogP contribution in [0, 0.1) is 0 Å². The van der Waals surface area contributed by atoms with Crippen molar-refractivity contribution in [3.63, 3.8) is 0 Å². The molecule has 230 valence electrons. The van der Waals surface area contributed by atoms with E-state index < -0.39 is 25.6 Å². The van der Waals surface area contributed by atoms with E-state index >= 15 is 0 Å². The Balaban J connectivity index is 1.77. The van der Waals surface area contributed by atoms with E-state index in [9.17, 15) is 18.9 Å². The summed E-state index contributed by atoms with van der Waals surface area (Å²) >= 11 is 6.22. The highest BCUT2D eigenvalue weighted by Crippen LogP contribution is 2.48. The molecule has 1 aliphatic heterocycles. The summed E-state index contributed by atoms with van der Waals surface area (Å²) in [5, 5.41) is 2.81. The minimum atomic E-state index is -3.50.